The van der Waals surface area contributed by atoms with Crippen molar-refractivity contribution in [3.8, 4) is 11.6 Å². The fourth-order valence-corrected chi connectivity index (χ4v) is 3.17. The van der Waals surface area contributed by atoms with E-state index < -0.39 is 0 Å². The van der Waals surface area contributed by atoms with Crippen molar-refractivity contribution < 1.29 is 9.84 Å². The number of aromatic nitrogens is 4. The van der Waals surface area contributed by atoms with Gasteiger partial charge < -0.3 is 9.84 Å². The zero-order valence-electron chi connectivity index (χ0n) is 15.5. The van der Waals surface area contributed by atoms with Crippen LogP contribution >= 0.6 is 0 Å². The van der Waals surface area contributed by atoms with Crippen LogP contribution in [0.4, 0.5) is 11.9 Å². The van der Waals surface area contributed by atoms with E-state index in [2.05, 4.69) is 25.3 Å². The second-order valence-electron chi connectivity index (χ2n) is 6.49. The van der Waals surface area contributed by atoms with Gasteiger partial charge in [0.05, 0.1) is 29.2 Å². The molecule has 0 bridgehead atoms. The Balaban J connectivity index is 1.78. The summed E-state index contributed by atoms with van der Waals surface area (Å²) >= 11 is 0. The molecule has 7 nitrogen and oxygen atoms in total. The van der Waals surface area contributed by atoms with Crippen LogP contribution in [0.25, 0.3) is 21.8 Å². The van der Waals surface area contributed by atoms with Crippen molar-refractivity contribution in [3.05, 3.63) is 47.2 Å². The second kappa shape index (κ2) is 6.35. The molecule has 0 atom stereocenters. The van der Waals surface area contributed by atoms with Gasteiger partial charge in [0.15, 0.2) is 0 Å². The summed E-state index contributed by atoms with van der Waals surface area (Å²) in [7, 11) is 1.63. The maximum atomic E-state index is 10.3. The molecular formula is C20H19N5O2. The quantitative estimate of drug-likeness (QED) is 0.570. The number of anilines is 2. The summed E-state index contributed by atoms with van der Waals surface area (Å²) in [4.78, 5) is 17.7. The van der Waals surface area contributed by atoms with E-state index in [-0.39, 0.29) is 11.8 Å². The molecule has 2 N–H and O–H groups in total. The highest BCUT2D eigenvalue weighted by molar-refractivity contribution is 5.88. The largest absolute Gasteiger partial charge is 0.497 e. The van der Waals surface area contributed by atoms with E-state index >= 15 is 0 Å². The molecule has 0 saturated heterocycles. The Bertz CT molecular complexity index is 1190. The molecule has 2 aromatic carbocycles. The van der Waals surface area contributed by atoms with Gasteiger partial charge >= 0.3 is 0 Å². The lowest BCUT2D eigenvalue weighted by molar-refractivity contribution is 0.415. The first-order chi connectivity index (χ1) is 12.9. The fraction of sp³-hybridized carbons (Fsp3) is 0.200. The van der Waals surface area contributed by atoms with Crippen LogP contribution in [0.5, 0.6) is 11.6 Å². The molecule has 27 heavy (non-hydrogen) atoms. The summed E-state index contributed by atoms with van der Waals surface area (Å²) in [6.45, 7) is 5.83. The third-order valence-electron chi connectivity index (χ3n) is 4.43. The molecule has 2 aromatic heterocycles. The number of nitrogens with one attached hydrogen (secondary N) is 1. The summed E-state index contributed by atoms with van der Waals surface area (Å²) < 4.78 is 5.26. The van der Waals surface area contributed by atoms with Crippen molar-refractivity contribution in [2.24, 2.45) is 0 Å². The minimum Gasteiger partial charge on any atom is -0.497 e. The number of fused-ring (bicyclic) bond motifs is 2. The summed E-state index contributed by atoms with van der Waals surface area (Å²) in [6.07, 6.45) is 0. The van der Waals surface area contributed by atoms with Crippen molar-refractivity contribution in [1.29, 1.82) is 0 Å². The Labute approximate surface area is 156 Å². The van der Waals surface area contributed by atoms with Crippen molar-refractivity contribution in [2.75, 3.05) is 12.4 Å². The summed E-state index contributed by atoms with van der Waals surface area (Å²) in [5, 5.41) is 14.9. The smallest absolute Gasteiger partial charge is 0.233 e. The first-order valence-corrected chi connectivity index (χ1v) is 8.52. The molecule has 0 aliphatic heterocycles. The minimum atomic E-state index is -0.0726. The van der Waals surface area contributed by atoms with Crippen molar-refractivity contribution in [2.45, 2.75) is 20.8 Å². The van der Waals surface area contributed by atoms with Gasteiger partial charge in [0, 0.05) is 5.39 Å². The average Bonchev–Trinajstić information content (AvgIpc) is 2.62. The molecule has 4 rings (SSSR count). The highest BCUT2D eigenvalue weighted by Gasteiger charge is 2.12. The predicted molar refractivity (Wildman–Crippen MR) is 105 cm³/mol. The number of nitrogens with zero attached hydrogens (tertiary/aromatic N) is 4. The number of methoxy groups -OCH3 is 1. The third-order valence-corrected chi connectivity index (χ3v) is 4.43. The molecule has 7 heteroatoms. The number of aromatic hydroxyl groups is 1. The maximum Gasteiger partial charge on any atom is 0.233 e. The average molecular weight is 361 g/mol. The van der Waals surface area contributed by atoms with E-state index in [4.69, 9.17) is 4.74 Å². The van der Waals surface area contributed by atoms with Gasteiger partial charge in [-0.2, -0.15) is 4.98 Å². The van der Waals surface area contributed by atoms with Crippen molar-refractivity contribution in [1.82, 2.24) is 19.9 Å². The Morgan fingerprint density at radius 1 is 0.889 bits per heavy atom. The van der Waals surface area contributed by atoms with Crippen LogP contribution in [-0.2, 0) is 0 Å². The minimum absolute atomic E-state index is 0.0726. The van der Waals surface area contributed by atoms with Gasteiger partial charge in [-0.05, 0) is 56.2 Å². The van der Waals surface area contributed by atoms with Crippen LogP contribution in [-0.4, -0.2) is 32.2 Å². The van der Waals surface area contributed by atoms with Gasteiger partial charge in [-0.25, -0.2) is 15.0 Å². The third kappa shape index (κ3) is 3.08. The van der Waals surface area contributed by atoms with Gasteiger partial charge in [0.25, 0.3) is 0 Å². The molecule has 0 aliphatic rings. The van der Waals surface area contributed by atoms with Gasteiger partial charge in [-0.3, -0.25) is 5.32 Å². The Morgan fingerprint density at radius 3 is 2.44 bits per heavy atom. The lowest BCUT2D eigenvalue weighted by atomic mass is 10.1. The van der Waals surface area contributed by atoms with Crippen LogP contribution in [0.1, 0.15) is 16.8 Å². The predicted octanol–water partition coefficient (Wildman–Crippen LogP) is 3.96. The molecule has 0 fully saturated rings. The zero-order chi connectivity index (χ0) is 19.1. The number of hydrogen-bond acceptors (Lipinski definition) is 7. The van der Waals surface area contributed by atoms with Crippen LogP contribution in [0.2, 0.25) is 0 Å². The van der Waals surface area contributed by atoms with E-state index in [1.165, 1.54) is 0 Å². The van der Waals surface area contributed by atoms with Crippen LogP contribution in [0.3, 0.4) is 0 Å². The highest BCUT2D eigenvalue weighted by atomic mass is 16.5. The molecule has 0 saturated carbocycles. The Hall–Kier alpha value is -3.48. The molecule has 0 radical (unpaired) electrons. The molecule has 0 amide bonds. The molecule has 0 spiro atoms. The highest BCUT2D eigenvalue weighted by Crippen LogP contribution is 2.28. The summed E-state index contributed by atoms with van der Waals surface area (Å²) in [6, 6.07) is 9.51. The van der Waals surface area contributed by atoms with Crippen molar-refractivity contribution >= 4 is 33.7 Å². The lowest BCUT2D eigenvalue weighted by Crippen LogP contribution is -2.04. The molecular weight excluding hydrogens is 342 g/mol. The first-order valence-electron chi connectivity index (χ1n) is 8.52. The van der Waals surface area contributed by atoms with Gasteiger partial charge in [-0.15, -0.1) is 0 Å². The topological polar surface area (TPSA) is 93.0 Å². The monoisotopic (exact) mass is 361 g/mol. The molecule has 2 heterocycles. The van der Waals surface area contributed by atoms with E-state index in [1.54, 1.807) is 7.11 Å². The number of ether oxygens (including phenoxy) is 1. The van der Waals surface area contributed by atoms with Crippen LogP contribution in [0, 0.1) is 20.8 Å². The normalized spacial score (nSPS) is 11.1. The SMILES string of the molecule is COc1ccc2nc(Nc3nc(O)c4cc(C)cc(C)c4n3)nc(C)c2c1. The standard InChI is InChI=1S/C20H19N5O2/c1-10-7-11(2)17-15(8-10)18(26)24-20(23-17)25-19-21-12(3)14-9-13(27-4)5-6-16(14)22-19/h5-9H,1-4H3,(H2,21,22,23,24,25,26). The van der Waals surface area contributed by atoms with Gasteiger partial charge in [-0.1, -0.05) is 6.07 Å². The Morgan fingerprint density at radius 2 is 1.67 bits per heavy atom. The van der Waals surface area contributed by atoms with Gasteiger partial charge in [0.2, 0.25) is 17.8 Å². The van der Waals surface area contributed by atoms with Crippen LogP contribution in [0.15, 0.2) is 30.3 Å². The molecule has 4 aromatic rings. The number of hydrogen-bond donors (Lipinski definition) is 2. The van der Waals surface area contributed by atoms with E-state index in [9.17, 15) is 5.11 Å². The number of rotatable bonds is 3. The Kier molecular flexibility index (Phi) is 3.99. The number of benzene rings is 2. The molecule has 0 aliphatic carbocycles. The van der Waals surface area contributed by atoms with Gasteiger partial charge in [0.1, 0.15) is 5.75 Å². The lowest BCUT2D eigenvalue weighted by Gasteiger charge is -2.10. The van der Waals surface area contributed by atoms with Crippen LogP contribution < -0.4 is 10.1 Å². The fourth-order valence-electron chi connectivity index (χ4n) is 3.17. The molecule has 0 unspecified atom stereocenters. The van der Waals surface area contributed by atoms with E-state index in [0.29, 0.717) is 16.9 Å². The van der Waals surface area contributed by atoms with E-state index in [0.717, 1.165) is 33.5 Å². The zero-order valence-corrected chi connectivity index (χ0v) is 15.5. The maximum absolute atomic E-state index is 10.3. The van der Waals surface area contributed by atoms with Crippen molar-refractivity contribution in [3.63, 3.8) is 0 Å². The number of aryl methyl sites for hydroxylation is 3. The van der Waals surface area contributed by atoms with E-state index in [1.807, 2.05) is 51.1 Å². The molecule has 136 valence electrons. The second-order valence-corrected chi connectivity index (χ2v) is 6.49. The summed E-state index contributed by atoms with van der Waals surface area (Å²) in [5.41, 5.74) is 4.29. The first kappa shape index (κ1) is 17.0. The summed E-state index contributed by atoms with van der Waals surface area (Å²) in [5.74, 6) is 1.30.